The summed E-state index contributed by atoms with van der Waals surface area (Å²) < 4.78 is 95.3. The van der Waals surface area contributed by atoms with E-state index in [0.717, 1.165) is 85.2 Å². The normalized spacial score (nSPS) is 21.2. The van der Waals surface area contributed by atoms with Crippen LogP contribution in [0.1, 0.15) is 84.1 Å². The fourth-order valence-electron chi connectivity index (χ4n) is 12.9. The lowest BCUT2D eigenvalue weighted by atomic mass is 9.90. The third-order valence-corrected chi connectivity index (χ3v) is 21.1. The van der Waals surface area contributed by atoms with Crippen molar-refractivity contribution in [2.24, 2.45) is 11.5 Å². The van der Waals surface area contributed by atoms with Crippen molar-refractivity contribution in [3.63, 3.8) is 0 Å². The third kappa shape index (κ3) is 15.6. The minimum absolute atomic E-state index is 0.0331. The summed E-state index contributed by atoms with van der Waals surface area (Å²) in [4.78, 5) is 29.4. The maximum absolute atomic E-state index is 13.6. The lowest BCUT2D eigenvalue weighted by Gasteiger charge is -2.39. The number of carbonyl (C=O) groups excluding carboxylic acids is 2. The van der Waals surface area contributed by atoms with E-state index in [2.05, 4.69) is 40.5 Å². The molecular weight excluding hydrogens is 1260 g/mol. The van der Waals surface area contributed by atoms with Crippen molar-refractivity contribution in [3.8, 4) is 33.8 Å². The minimum atomic E-state index is -3.93. The van der Waals surface area contributed by atoms with Gasteiger partial charge in [0.15, 0.2) is 0 Å². The van der Waals surface area contributed by atoms with Gasteiger partial charge < -0.3 is 61.2 Å². The number of hydrogen-bond acceptors (Lipinski definition) is 16. The number of ether oxygens (including phenoxy) is 6. The van der Waals surface area contributed by atoms with Crippen molar-refractivity contribution in [1.29, 1.82) is 0 Å². The molecule has 4 aromatic rings. The molecule has 4 aliphatic heterocycles. The molecule has 10 rings (SSSR count). The van der Waals surface area contributed by atoms with Crippen molar-refractivity contribution >= 4 is 78.5 Å². The summed E-state index contributed by atoms with van der Waals surface area (Å²) in [6.45, 7) is 10.1. The predicted octanol–water partition coefficient (Wildman–Crippen LogP) is 6.52. The number of sulfonamides is 2. The minimum Gasteiger partial charge on any atom is -0.483 e. The Kier molecular flexibility index (Phi) is 22.7. The number of amides is 4. The number of hydrogen-bond donors (Lipinski definition) is 8. The largest absolute Gasteiger partial charge is 0.483 e. The van der Waals surface area contributed by atoms with Gasteiger partial charge in [0.05, 0.1) is 84.8 Å². The molecule has 4 aromatic carbocycles. The van der Waals surface area contributed by atoms with E-state index >= 15 is 0 Å². The van der Waals surface area contributed by atoms with E-state index in [0.29, 0.717) is 92.6 Å². The quantitative estimate of drug-likeness (QED) is 0.0269. The Morgan fingerprint density at radius 1 is 0.534 bits per heavy atom. The Morgan fingerprint density at radius 3 is 1.30 bits per heavy atom. The molecule has 28 heteroatoms. The molecule has 6 aliphatic rings. The van der Waals surface area contributed by atoms with E-state index < -0.39 is 20.0 Å². The second kappa shape index (κ2) is 30.0. The molecule has 4 amide bonds. The first-order chi connectivity index (χ1) is 42.3. The number of unbranched alkanes of at least 4 members (excludes halogenated alkanes) is 1. The number of nitrogens with two attached hydrogens (primary N) is 2. The number of urea groups is 2. The zero-order chi connectivity index (χ0) is 62.3. The first kappa shape index (κ1) is 66.6. The Bertz CT molecular complexity index is 3210. The van der Waals surface area contributed by atoms with Gasteiger partial charge in [-0.25, -0.2) is 35.9 Å². The summed E-state index contributed by atoms with van der Waals surface area (Å²) in [5.41, 5.74) is 20.6. The fourth-order valence-corrected chi connectivity index (χ4v) is 16.4. The highest BCUT2D eigenvalue weighted by Gasteiger charge is 2.48. The van der Waals surface area contributed by atoms with Crippen LogP contribution in [0.3, 0.4) is 0 Å². The van der Waals surface area contributed by atoms with Crippen LogP contribution < -0.4 is 51.7 Å². The van der Waals surface area contributed by atoms with E-state index in [1.165, 1.54) is 0 Å². The number of piperidine rings is 2. The lowest BCUT2D eigenvalue weighted by Crippen LogP contribution is -2.50. The number of rotatable bonds is 29. The van der Waals surface area contributed by atoms with Crippen LogP contribution in [0.5, 0.6) is 11.5 Å². The number of aryl methyl sites for hydroxylation is 2. The highest BCUT2D eigenvalue weighted by molar-refractivity contribution is 7.89. The van der Waals surface area contributed by atoms with Crippen LogP contribution in [0, 0.1) is 13.8 Å². The number of fused-ring (bicyclic) bond motifs is 4. The van der Waals surface area contributed by atoms with Gasteiger partial charge in [-0.15, -0.1) is 0 Å². The van der Waals surface area contributed by atoms with Crippen molar-refractivity contribution in [1.82, 2.24) is 40.5 Å². The Balaban J connectivity index is 0.524. The fraction of sp³-hybridized carbons (Fsp3) is 0.567. The van der Waals surface area contributed by atoms with Crippen LogP contribution >= 0.6 is 46.4 Å². The zero-order valence-corrected chi connectivity index (χ0v) is 54.2. The number of likely N-dealkylation sites (tertiary alicyclic amines) is 2. The van der Waals surface area contributed by atoms with Crippen molar-refractivity contribution < 1.29 is 54.8 Å². The molecule has 482 valence electrons. The maximum atomic E-state index is 13.6. The SMILES string of the molecule is Cc1cc(S(=O)(=O)NCCOCCOCCNC(=O)NCCCCNC(=O)NCCOCCOCCNS(=O)(=O)c2cc(C)c3c(c2)-c2c(Cl)cc(Cl)c4c2[C@H](O3)[C@@H](N2CCC[C@@H](N)C2)C4)cc2c1O[C@H]1c3c(c(Cl)cc(Cl)c3-2)C[C@@H]1N1CCC[C@@H](N)C1. The number of carbonyl (C=O) groups is 2. The average molecular weight is 1340 g/mol. The average Bonchev–Trinajstić information content (AvgIpc) is 1.49. The summed E-state index contributed by atoms with van der Waals surface area (Å²) in [6, 6.07) is 9.49. The van der Waals surface area contributed by atoms with Gasteiger partial charge in [0.1, 0.15) is 23.7 Å². The molecule has 22 nitrogen and oxygen atoms in total. The zero-order valence-electron chi connectivity index (χ0n) is 49.6. The number of nitrogens with zero attached hydrogens (tertiary/aromatic N) is 2. The Hall–Kier alpha value is -4.32. The molecule has 4 heterocycles. The molecule has 2 aliphatic carbocycles. The standard InChI is InChI=1S/C60H80Cl4N10O12S2/c1-35-25-39(27-43-51-47(63)31-45(61)41-29-49(57(53(41)51)85-55(35)43)73-15-5-7-37(65)33-73)87(77,78)71-13-19-83-23-21-81-17-11-69-59(75)67-9-3-4-10-68-60(76)70-12-18-82-22-24-84-20-14-72-88(79,80)40-26-36(2)56-44(28-40)52-48(64)32-46(62)42-30-50(58(86-56)54(42)52)74-16-6-8-38(66)34-74/h25-28,31-32,37-38,49-50,57-58,71-72H,3-24,29-30,33-34,65-66H2,1-2H3,(H2,67,69,75)(H2,68,70,76)/t37-,38-,49+,50+,57-,58-/m1/s1. The van der Waals surface area contributed by atoms with Crippen LogP contribution in [-0.2, 0) is 51.8 Å². The van der Waals surface area contributed by atoms with Crippen LogP contribution in [0.15, 0.2) is 46.2 Å². The molecule has 6 atom stereocenters. The Labute approximate surface area is 535 Å². The van der Waals surface area contributed by atoms with E-state index in [1.54, 1.807) is 36.4 Å². The molecule has 0 unspecified atom stereocenters. The van der Waals surface area contributed by atoms with Crippen LogP contribution in [-0.4, -0.2) is 181 Å². The number of halogens is 4. The molecule has 0 radical (unpaired) electrons. The van der Waals surface area contributed by atoms with Crippen molar-refractivity contribution in [2.45, 2.75) is 111 Å². The smallest absolute Gasteiger partial charge is 0.314 e. The first-order valence-electron chi connectivity index (χ1n) is 30.3. The highest BCUT2D eigenvalue weighted by atomic mass is 35.5. The summed E-state index contributed by atoms with van der Waals surface area (Å²) in [5.74, 6) is 1.21. The van der Waals surface area contributed by atoms with Crippen LogP contribution in [0.25, 0.3) is 22.3 Å². The maximum Gasteiger partial charge on any atom is 0.314 e. The van der Waals surface area contributed by atoms with Gasteiger partial charge in [0.2, 0.25) is 20.0 Å². The van der Waals surface area contributed by atoms with Crippen molar-refractivity contribution in [3.05, 3.63) is 89.9 Å². The molecule has 0 bridgehead atoms. The predicted molar refractivity (Wildman–Crippen MR) is 338 cm³/mol. The molecule has 0 aromatic heterocycles. The van der Waals surface area contributed by atoms with Gasteiger partial charge >= 0.3 is 12.1 Å². The van der Waals surface area contributed by atoms with Gasteiger partial charge in [-0.3, -0.25) is 9.80 Å². The molecule has 0 saturated carbocycles. The van der Waals surface area contributed by atoms with Gasteiger partial charge in [-0.1, -0.05) is 46.4 Å². The topological polar surface area (TPSA) is 288 Å². The third-order valence-electron chi connectivity index (χ3n) is 17.0. The number of benzene rings is 4. The van der Waals surface area contributed by atoms with Gasteiger partial charge in [-0.05, 0) is 137 Å². The monoisotopic (exact) mass is 1340 g/mol. The first-order valence-corrected chi connectivity index (χ1v) is 34.7. The second-order valence-electron chi connectivity index (χ2n) is 23.2. The van der Waals surface area contributed by atoms with E-state index in [1.807, 2.05) is 13.8 Å². The van der Waals surface area contributed by atoms with Gasteiger partial charge in [0, 0.05) is 108 Å². The number of nitrogens with one attached hydrogen (secondary N) is 6. The molecular formula is C60H80Cl4N10O12S2. The van der Waals surface area contributed by atoms with E-state index in [9.17, 15) is 26.4 Å². The molecule has 2 fully saturated rings. The van der Waals surface area contributed by atoms with E-state index in [4.69, 9.17) is 86.3 Å². The van der Waals surface area contributed by atoms with Gasteiger partial charge in [-0.2, -0.15) is 0 Å². The molecule has 2 saturated heterocycles. The highest BCUT2D eigenvalue weighted by Crippen LogP contribution is 2.57. The van der Waals surface area contributed by atoms with Crippen molar-refractivity contribution in [2.75, 3.05) is 118 Å². The molecule has 88 heavy (non-hydrogen) atoms. The molecule has 10 N–H and O–H groups in total. The summed E-state index contributed by atoms with van der Waals surface area (Å²) in [7, 11) is -7.87. The lowest BCUT2D eigenvalue weighted by molar-refractivity contribution is 0.0516. The summed E-state index contributed by atoms with van der Waals surface area (Å²) in [5, 5.41) is 13.0. The summed E-state index contributed by atoms with van der Waals surface area (Å²) >= 11 is 27.3. The van der Waals surface area contributed by atoms with E-state index in [-0.39, 0.29) is 137 Å². The molecule has 0 spiro atoms. The second-order valence-corrected chi connectivity index (χ2v) is 28.3. The van der Waals surface area contributed by atoms with Gasteiger partial charge in [0.25, 0.3) is 0 Å². The summed E-state index contributed by atoms with van der Waals surface area (Å²) in [6.07, 6.45) is 6.02. The van der Waals surface area contributed by atoms with Crippen LogP contribution in [0.2, 0.25) is 20.1 Å². The Morgan fingerprint density at radius 2 is 0.909 bits per heavy atom. The van der Waals surface area contributed by atoms with Crippen LogP contribution in [0.4, 0.5) is 9.59 Å².